The number of carbonyl (C=O) groups excluding carboxylic acids is 2. The fraction of sp³-hybridized carbons (Fsp3) is 0.733. The van der Waals surface area contributed by atoms with E-state index in [0.29, 0.717) is 28.3 Å². The molecule has 3 saturated carbocycles. The van der Waals surface area contributed by atoms with E-state index in [1.807, 2.05) is 18.2 Å². The summed E-state index contributed by atoms with van der Waals surface area (Å²) in [6.07, 6.45) is 15.1. The van der Waals surface area contributed by atoms with Gasteiger partial charge in [-0.2, -0.15) is 0 Å². The number of fused-ring (bicyclic) bond motifs is 5. The van der Waals surface area contributed by atoms with E-state index in [4.69, 9.17) is 11.6 Å². The third kappa shape index (κ3) is 4.36. The first-order chi connectivity index (χ1) is 16.3. The van der Waals surface area contributed by atoms with Gasteiger partial charge in [-0.25, -0.2) is 0 Å². The van der Waals surface area contributed by atoms with E-state index in [1.165, 1.54) is 51.4 Å². The van der Waals surface area contributed by atoms with Crippen molar-refractivity contribution in [2.45, 2.75) is 103 Å². The topological polar surface area (TPSA) is 46.2 Å². The van der Waals surface area contributed by atoms with Crippen LogP contribution in [0, 0.1) is 34.5 Å². The van der Waals surface area contributed by atoms with Gasteiger partial charge in [0, 0.05) is 29.5 Å². The summed E-state index contributed by atoms with van der Waals surface area (Å²) in [4.78, 5) is 24.5. The molecule has 0 aromatic heterocycles. The highest BCUT2D eigenvalue weighted by Gasteiger charge is 2.60. The standard InChI is InChI=1S/C30H42ClNO2/c1-29-17-15-25-23(12-14-27-30(25,2)18-16-28(34)32-27)24(29)13-11-21(29)8-4-3-5-10-26(33)20-7-6-9-22(31)19-20/h6-7,9,19,21,23-25,27H,3-5,8,10-18H2,1-2H3,(H,32,34)/t21-,23-,24-,25-,27+,29+,30+/m0/s1. The third-order valence-electron chi connectivity index (χ3n) is 10.9. The van der Waals surface area contributed by atoms with Gasteiger partial charge in [0.25, 0.3) is 0 Å². The molecule has 0 unspecified atom stereocenters. The Kier molecular flexibility index (Phi) is 6.88. The van der Waals surface area contributed by atoms with E-state index in [0.717, 1.165) is 54.9 Å². The molecule has 1 N–H and O–H groups in total. The number of ketones is 1. The van der Waals surface area contributed by atoms with Gasteiger partial charge in [-0.05, 0) is 104 Å². The molecule has 1 aromatic carbocycles. The number of benzene rings is 1. The average Bonchev–Trinajstić information content (AvgIpc) is 3.15. The Labute approximate surface area is 210 Å². The Morgan fingerprint density at radius 1 is 1.00 bits per heavy atom. The van der Waals surface area contributed by atoms with Crippen LogP contribution in [0.2, 0.25) is 5.02 Å². The summed E-state index contributed by atoms with van der Waals surface area (Å²) in [5.41, 5.74) is 1.56. The van der Waals surface area contributed by atoms with Crippen molar-refractivity contribution in [3.63, 3.8) is 0 Å². The Morgan fingerprint density at radius 3 is 2.65 bits per heavy atom. The summed E-state index contributed by atoms with van der Waals surface area (Å²) in [6, 6.07) is 7.75. The number of rotatable bonds is 7. The predicted octanol–water partition coefficient (Wildman–Crippen LogP) is 7.61. The molecule has 3 aliphatic carbocycles. The first-order valence-electron chi connectivity index (χ1n) is 13.9. The Hall–Kier alpha value is -1.35. The Balaban J connectivity index is 1.13. The van der Waals surface area contributed by atoms with Gasteiger partial charge in [-0.15, -0.1) is 0 Å². The van der Waals surface area contributed by atoms with Crippen molar-refractivity contribution in [2.75, 3.05) is 0 Å². The first-order valence-corrected chi connectivity index (χ1v) is 14.3. The molecule has 1 aromatic rings. The largest absolute Gasteiger partial charge is 0.353 e. The molecule has 4 heteroatoms. The van der Waals surface area contributed by atoms with Crippen LogP contribution >= 0.6 is 11.6 Å². The summed E-state index contributed by atoms with van der Waals surface area (Å²) in [5.74, 6) is 3.86. The van der Waals surface area contributed by atoms with Crippen LogP contribution in [-0.2, 0) is 4.79 Å². The maximum Gasteiger partial charge on any atom is 0.220 e. The molecule has 7 atom stereocenters. The summed E-state index contributed by atoms with van der Waals surface area (Å²) in [6.45, 7) is 5.11. The van der Waals surface area contributed by atoms with E-state index < -0.39 is 0 Å². The van der Waals surface area contributed by atoms with Crippen molar-refractivity contribution in [3.05, 3.63) is 34.9 Å². The van der Waals surface area contributed by atoms with Gasteiger partial charge in [0.1, 0.15) is 0 Å². The summed E-state index contributed by atoms with van der Waals surface area (Å²) >= 11 is 6.04. The zero-order valence-electron chi connectivity index (χ0n) is 21.1. The number of nitrogens with one attached hydrogen (secondary N) is 1. The van der Waals surface area contributed by atoms with E-state index >= 15 is 0 Å². The van der Waals surface area contributed by atoms with Crippen LogP contribution in [-0.4, -0.2) is 17.7 Å². The van der Waals surface area contributed by atoms with Crippen LogP contribution in [0.5, 0.6) is 0 Å². The Bertz CT molecular complexity index is 930. The fourth-order valence-electron chi connectivity index (χ4n) is 8.94. The minimum atomic E-state index is 0.219. The number of carbonyl (C=O) groups is 2. The lowest BCUT2D eigenvalue weighted by Crippen LogP contribution is -2.61. The van der Waals surface area contributed by atoms with Crippen LogP contribution in [0.15, 0.2) is 24.3 Å². The second-order valence-corrected chi connectivity index (χ2v) is 12.9. The van der Waals surface area contributed by atoms with Gasteiger partial charge in [0.15, 0.2) is 5.78 Å². The normalized spacial score (nSPS) is 39.0. The van der Waals surface area contributed by atoms with E-state index in [9.17, 15) is 9.59 Å². The number of amides is 1. The minimum Gasteiger partial charge on any atom is -0.353 e. The van der Waals surface area contributed by atoms with E-state index in [-0.39, 0.29) is 11.7 Å². The van der Waals surface area contributed by atoms with Gasteiger partial charge in [-0.1, -0.05) is 50.4 Å². The van der Waals surface area contributed by atoms with Crippen molar-refractivity contribution in [1.82, 2.24) is 5.32 Å². The lowest BCUT2D eigenvalue weighted by Gasteiger charge is -2.60. The second kappa shape index (κ2) is 9.60. The maximum absolute atomic E-state index is 12.5. The molecule has 186 valence electrons. The number of piperidine rings is 1. The summed E-state index contributed by atoms with van der Waals surface area (Å²) in [5, 5.41) is 4.00. The number of Topliss-reactive ketones (excluding diaryl/α,β-unsaturated/α-hetero) is 1. The van der Waals surface area contributed by atoms with Gasteiger partial charge < -0.3 is 5.32 Å². The van der Waals surface area contributed by atoms with Crippen molar-refractivity contribution in [2.24, 2.45) is 34.5 Å². The monoisotopic (exact) mass is 483 g/mol. The second-order valence-electron chi connectivity index (χ2n) is 12.4. The highest BCUT2D eigenvalue weighted by molar-refractivity contribution is 6.31. The molecule has 4 fully saturated rings. The number of hydrogen-bond donors (Lipinski definition) is 1. The smallest absolute Gasteiger partial charge is 0.220 e. The molecule has 0 radical (unpaired) electrons. The van der Waals surface area contributed by atoms with Crippen molar-refractivity contribution in [1.29, 1.82) is 0 Å². The van der Waals surface area contributed by atoms with Gasteiger partial charge in [0.2, 0.25) is 5.91 Å². The molecular formula is C30H42ClNO2. The molecule has 0 spiro atoms. The molecule has 1 heterocycles. The quantitative estimate of drug-likeness (QED) is 0.320. The molecule has 0 bridgehead atoms. The van der Waals surface area contributed by atoms with Crippen LogP contribution in [0.3, 0.4) is 0 Å². The van der Waals surface area contributed by atoms with Gasteiger partial charge >= 0.3 is 0 Å². The average molecular weight is 484 g/mol. The molecule has 4 aliphatic rings. The van der Waals surface area contributed by atoms with E-state index in [2.05, 4.69) is 19.2 Å². The molecule has 34 heavy (non-hydrogen) atoms. The first kappa shape index (κ1) is 24.3. The molecule has 1 aliphatic heterocycles. The highest BCUT2D eigenvalue weighted by atomic mass is 35.5. The lowest BCUT2D eigenvalue weighted by atomic mass is 9.47. The number of halogens is 1. The zero-order chi connectivity index (χ0) is 23.9. The number of hydrogen-bond acceptors (Lipinski definition) is 2. The predicted molar refractivity (Wildman–Crippen MR) is 138 cm³/mol. The maximum atomic E-state index is 12.5. The summed E-state index contributed by atoms with van der Waals surface area (Å²) < 4.78 is 0. The van der Waals surface area contributed by atoms with Crippen LogP contribution < -0.4 is 5.32 Å². The van der Waals surface area contributed by atoms with E-state index in [1.54, 1.807) is 6.07 Å². The van der Waals surface area contributed by atoms with Crippen LogP contribution in [0.4, 0.5) is 0 Å². The molecular weight excluding hydrogens is 442 g/mol. The molecule has 1 saturated heterocycles. The molecule has 3 nitrogen and oxygen atoms in total. The molecule has 5 rings (SSSR count). The SMILES string of the molecule is C[C@]12CCC(=O)N[C@@H]1CC[C@@H]1[C@@H]2CC[C@]2(C)[C@@H](CCCCCC(=O)c3cccc(Cl)c3)CC[C@@H]12. The van der Waals surface area contributed by atoms with Crippen molar-refractivity contribution in [3.8, 4) is 0 Å². The minimum absolute atomic E-state index is 0.219. The highest BCUT2D eigenvalue weighted by Crippen LogP contribution is 2.66. The van der Waals surface area contributed by atoms with Crippen molar-refractivity contribution < 1.29 is 9.59 Å². The Morgan fingerprint density at radius 2 is 1.82 bits per heavy atom. The lowest BCUT2D eigenvalue weighted by molar-refractivity contribution is -0.136. The van der Waals surface area contributed by atoms with Crippen LogP contribution in [0.1, 0.15) is 108 Å². The summed E-state index contributed by atoms with van der Waals surface area (Å²) in [7, 11) is 0. The third-order valence-corrected chi connectivity index (χ3v) is 11.1. The van der Waals surface area contributed by atoms with Crippen LogP contribution in [0.25, 0.3) is 0 Å². The van der Waals surface area contributed by atoms with Crippen molar-refractivity contribution >= 4 is 23.3 Å². The van der Waals surface area contributed by atoms with Gasteiger partial charge in [0.05, 0.1) is 0 Å². The van der Waals surface area contributed by atoms with Gasteiger partial charge in [-0.3, -0.25) is 9.59 Å². The zero-order valence-corrected chi connectivity index (χ0v) is 21.8. The molecule has 1 amide bonds. The number of unbranched alkanes of at least 4 members (excludes halogenated alkanes) is 2. The fourth-order valence-corrected chi connectivity index (χ4v) is 9.13.